The fourth-order valence-corrected chi connectivity index (χ4v) is 4.61. The molecule has 1 saturated carbocycles. The van der Waals surface area contributed by atoms with Crippen molar-refractivity contribution in [3.05, 3.63) is 70.4 Å². The average molecular weight is 391 g/mol. The van der Waals surface area contributed by atoms with Gasteiger partial charge in [-0.15, -0.1) is 0 Å². The zero-order valence-electron chi connectivity index (χ0n) is 17.6. The van der Waals surface area contributed by atoms with Crippen molar-refractivity contribution < 1.29 is 0 Å². The minimum absolute atomic E-state index is 0.0721. The van der Waals surface area contributed by atoms with Crippen LogP contribution in [-0.2, 0) is 13.6 Å². The molecular weight excluding hydrogens is 360 g/mol. The summed E-state index contributed by atoms with van der Waals surface area (Å²) in [5, 5.41) is 7.88. The Hall–Kier alpha value is -2.82. The van der Waals surface area contributed by atoms with E-state index in [9.17, 15) is 4.79 Å². The van der Waals surface area contributed by atoms with Gasteiger partial charge in [-0.1, -0.05) is 30.3 Å². The van der Waals surface area contributed by atoms with Gasteiger partial charge in [-0.05, 0) is 57.1 Å². The van der Waals surface area contributed by atoms with Gasteiger partial charge in [0.2, 0.25) is 0 Å². The van der Waals surface area contributed by atoms with Crippen LogP contribution in [0.5, 0.6) is 0 Å². The molecule has 1 N–H and O–H groups in total. The van der Waals surface area contributed by atoms with Gasteiger partial charge in [0.1, 0.15) is 5.69 Å². The van der Waals surface area contributed by atoms with E-state index in [1.807, 2.05) is 43.9 Å². The summed E-state index contributed by atoms with van der Waals surface area (Å²) in [6, 6.07) is 13.2. The summed E-state index contributed by atoms with van der Waals surface area (Å²) in [6.45, 7) is 4.70. The molecule has 5 nitrogen and oxygen atoms in total. The second kappa shape index (κ2) is 8.27. The number of nitrogens with one attached hydrogen (secondary N) is 1. The van der Waals surface area contributed by atoms with Crippen molar-refractivity contribution in [2.45, 2.75) is 58.0 Å². The standard InChI is InChI=1S/C24H30N4O/c1-4-28-17(2)22(20-15-25-27(3)16-20)14-23(24(28)29)26-21-12-10-19(11-13-21)18-8-6-5-7-9-18/h5-9,14-16,19,21,26H,4,10-13H2,1-3H3. The van der Waals surface area contributed by atoms with E-state index in [-0.39, 0.29) is 5.56 Å². The normalized spacial score (nSPS) is 19.3. The summed E-state index contributed by atoms with van der Waals surface area (Å²) >= 11 is 0. The molecule has 4 rings (SSSR count). The number of hydrogen-bond acceptors (Lipinski definition) is 3. The molecule has 1 aromatic carbocycles. The lowest BCUT2D eigenvalue weighted by Gasteiger charge is -2.30. The SMILES string of the molecule is CCn1c(C)c(-c2cnn(C)c2)cc(NC2CCC(c3ccccc3)CC2)c1=O. The molecule has 0 aliphatic heterocycles. The van der Waals surface area contributed by atoms with Crippen molar-refractivity contribution in [3.63, 3.8) is 0 Å². The van der Waals surface area contributed by atoms with E-state index in [0.29, 0.717) is 24.2 Å². The first-order valence-corrected chi connectivity index (χ1v) is 10.6. The molecule has 0 saturated heterocycles. The Labute approximate surface area is 172 Å². The maximum atomic E-state index is 13.0. The van der Waals surface area contributed by atoms with Crippen LogP contribution in [0.15, 0.2) is 53.6 Å². The third-order valence-electron chi connectivity index (χ3n) is 6.25. The van der Waals surface area contributed by atoms with Gasteiger partial charge in [-0.25, -0.2) is 0 Å². The van der Waals surface area contributed by atoms with Gasteiger partial charge >= 0.3 is 0 Å². The Balaban J connectivity index is 1.55. The first-order chi connectivity index (χ1) is 14.1. The second-order valence-corrected chi connectivity index (χ2v) is 8.11. The number of benzene rings is 1. The number of anilines is 1. The number of hydrogen-bond donors (Lipinski definition) is 1. The summed E-state index contributed by atoms with van der Waals surface area (Å²) in [6.07, 6.45) is 8.35. The molecule has 3 aromatic rings. The first kappa shape index (κ1) is 19.5. The average Bonchev–Trinajstić information content (AvgIpc) is 3.17. The molecule has 0 spiro atoms. The summed E-state index contributed by atoms with van der Waals surface area (Å²) < 4.78 is 3.66. The van der Waals surface area contributed by atoms with Gasteiger partial charge in [-0.3, -0.25) is 9.48 Å². The lowest BCUT2D eigenvalue weighted by atomic mass is 9.82. The first-order valence-electron chi connectivity index (χ1n) is 10.6. The van der Waals surface area contributed by atoms with Crippen LogP contribution in [0, 0.1) is 6.92 Å². The van der Waals surface area contributed by atoms with Crippen LogP contribution in [0.1, 0.15) is 49.8 Å². The van der Waals surface area contributed by atoms with Gasteiger partial charge in [0.25, 0.3) is 5.56 Å². The van der Waals surface area contributed by atoms with Crippen LogP contribution >= 0.6 is 0 Å². The van der Waals surface area contributed by atoms with Gasteiger partial charge in [0.15, 0.2) is 0 Å². The molecule has 2 heterocycles. The minimum Gasteiger partial charge on any atom is -0.378 e. The number of rotatable bonds is 5. The van der Waals surface area contributed by atoms with Gasteiger partial charge in [0.05, 0.1) is 6.20 Å². The Morgan fingerprint density at radius 3 is 2.48 bits per heavy atom. The van der Waals surface area contributed by atoms with Crippen molar-refractivity contribution in [1.82, 2.24) is 14.3 Å². The van der Waals surface area contributed by atoms with Crippen LogP contribution in [0.3, 0.4) is 0 Å². The molecule has 0 unspecified atom stereocenters. The predicted octanol–water partition coefficient (Wildman–Crippen LogP) is 4.72. The van der Waals surface area contributed by atoms with Crippen LogP contribution < -0.4 is 10.9 Å². The van der Waals surface area contributed by atoms with Crippen molar-refractivity contribution in [3.8, 4) is 11.1 Å². The zero-order chi connectivity index (χ0) is 20.4. The highest BCUT2D eigenvalue weighted by Crippen LogP contribution is 2.34. The Morgan fingerprint density at radius 2 is 1.86 bits per heavy atom. The van der Waals surface area contributed by atoms with Crippen molar-refractivity contribution in [2.24, 2.45) is 7.05 Å². The smallest absolute Gasteiger partial charge is 0.274 e. The zero-order valence-corrected chi connectivity index (χ0v) is 17.6. The molecule has 5 heteroatoms. The number of nitrogens with zero attached hydrogens (tertiary/aromatic N) is 3. The molecule has 0 radical (unpaired) electrons. The topological polar surface area (TPSA) is 51.9 Å². The highest BCUT2D eigenvalue weighted by molar-refractivity contribution is 5.69. The predicted molar refractivity (Wildman–Crippen MR) is 118 cm³/mol. The van der Waals surface area contributed by atoms with Crippen molar-refractivity contribution in [2.75, 3.05) is 5.32 Å². The highest BCUT2D eigenvalue weighted by Gasteiger charge is 2.23. The van der Waals surface area contributed by atoms with Gasteiger partial charge in [0, 0.05) is 42.7 Å². The molecule has 1 aliphatic rings. The van der Waals surface area contributed by atoms with E-state index in [4.69, 9.17) is 0 Å². The maximum absolute atomic E-state index is 13.0. The largest absolute Gasteiger partial charge is 0.378 e. The van der Waals surface area contributed by atoms with Crippen LogP contribution in [0.25, 0.3) is 11.1 Å². The molecule has 1 aliphatic carbocycles. The van der Waals surface area contributed by atoms with E-state index in [1.54, 1.807) is 4.68 Å². The van der Waals surface area contributed by atoms with Crippen molar-refractivity contribution >= 4 is 5.69 Å². The van der Waals surface area contributed by atoms with E-state index < -0.39 is 0 Å². The fraction of sp³-hybridized carbons (Fsp3) is 0.417. The fourth-order valence-electron chi connectivity index (χ4n) is 4.61. The quantitative estimate of drug-likeness (QED) is 0.686. The maximum Gasteiger partial charge on any atom is 0.274 e. The molecule has 0 amide bonds. The number of aryl methyl sites for hydroxylation is 1. The monoisotopic (exact) mass is 390 g/mol. The van der Waals surface area contributed by atoms with Gasteiger partial charge < -0.3 is 9.88 Å². The Kier molecular flexibility index (Phi) is 5.56. The number of aromatic nitrogens is 3. The summed E-state index contributed by atoms with van der Waals surface area (Å²) in [5.41, 5.74) is 5.32. The third-order valence-corrected chi connectivity index (χ3v) is 6.25. The molecule has 1 fully saturated rings. The van der Waals surface area contributed by atoms with Crippen LogP contribution in [0.4, 0.5) is 5.69 Å². The lowest BCUT2D eigenvalue weighted by Crippen LogP contribution is -2.31. The third kappa shape index (κ3) is 4.00. The Bertz CT molecular complexity index is 1030. The molecule has 2 aromatic heterocycles. The summed E-state index contributed by atoms with van der Waals surface area (Å²) in [5.74, 6) is 0.630. The molecule has 152 valence electrons. The minimum atomic E-state index is 0.0721. The molecule has 29 heavy (non-hydrogen) atoms. The second-order valence-electron chi connectivity index (χ2n) is 8.11. The van der Waals surface area contributed by atoms with E-state index >= 15 is 0 Å². The van der Waals surface area contributed by atoms with E-state index in [1.165, 1.54) is 5.56 Å². The van der Waals surface area contributed by atoms with Crippen LogP contribution in [-0.4, -0.2) is 20.4 Å². The van der Waals surface area contributed by atoms with Gasteiger partial charge in [-0.2, -0.15) is 5.10 Å². The Morgan fingerprint density at radius 1 is 1.14 bits per heavy atom. The highest BCUT2D eigenvalue weighted by atomic mass is 16.1. The molecular formula is C24H30N4O. The molecule has 0 bridgehead atoms. The lowest BCUT2D eigenvalue weighted by molar-refractivity contribution is 0.412. The summed E-state index contributed by atoms with van der Waals surface area (Å²) in [4.78, 5) is 13.0. The van der Waals surface area contributed by atoms with E-state index in [0.717, 1.165) is 42.5 Å². The van der Waals surface area contributed by atoms with Crippen LogP contribution in [0.2, 0.25) is 0 Å². The van der Waals surface area contributed by atoms with Crippen molar-refractivity contribution in [1.29, 1.82) is 0 Å². The van der Waals surface area contributed by atoms with E-state index in [2.05, 4.69) is 40.7 Å². The summed E-state index contributed by atoms with van der Waals surface area (Å²) in [7, 11) is 1.92. The molecule has 0 atom stereocenters. The number of pyridine rings is 1.